The summed E-state index contributed by atoms with van der Waals surface area (Å²) < 4.78 is 15.1. The molecule has 0 bridgehead atoms. The second-order valence-corrected chi connectivity index (χ2v) is 8.63. The Hall–Kier alpha value is -4.04. The summed E-state index contributed by atoms with van der Waals surface area (Å²) in [6.45, 7) is 1.88. The van der Waals surface area contributed by atoms with Crippen molar-refractivity contribution in [2.24, 2.45) is 0 Å². The number of rotatable bonds is 6. The van der Waals surface area contributed by atoms with Crippen LogP contribution in [0.3, 0.4) is 0 Å². The van der Waals surface area contributed by atoms with E-state index in [9.17, 15) is 9.18 Å². The number of para-hydroxylation sites is 1. The topological polar surface area (TPSA) is 72.7 Å². The molecule has 0 atom stereocenters. The minimum absolute atomic E-state index is 0.160. The Kier molecular flexibility index (Phi) is 6.05. The molecule has 2 heterocycles. The molecule has 0 unspecified atom stereocenters. The maximum atomic E-state index is 13.4. The summed E-state index contributed by atoms with van der Waals surface area (Å²) in [5.74, 6) is 0.295. The third-order valence-corrected chi connectivity index (χ3v) is 6.19. The number of aryl methyl sites for hydroxylation is 1. The van der Waals surface area contributed by atoms with Gasteiger partial charge in [0, 0.05) is 22.4 Å². The lowest BCUT2D eigenvalue weighted by Gasteiger charge is -2.10. The van der Waals surface area contributed by atoms with Gasteiger partial charge in [0.2, 0.25) is 5.91 Å². The summed E-state index contributed by atoms with van der Waals surface area (Å²) in [6, 6.07) is 25.4. The van der Waals surface area contributed by atoms with Gasteiger partial charge in [-0.15, -0.1) is 10.2 Å². The molecule has 5 rings (SSSR count). The Morgan fingerprint density at radius 2 is 1.65 bits per heavy atom. The molecule has 0 radical (unpaired) electrons. The van der Waals surface area contributed by atoms with Gasteiger partial charge < -0.3 is 5.32 Å². The number of anilines is 1. The zero-order valence-electron chi connectivity index (χ0n) is 18.3. The second-order valence-electron chi connectivity index (χ2n) is 7.66. The van der Waals surface area contributed by atoms with Gasteiger partial charge in [0.05, 0.1) is 17.1 Å². The number of nitrogens with zero attached hydrogens (tertiary/aromatic N) is 4. The summed E-state index contributed by atoms with van der Waals surface area (Å²) in [6.07, 6.45) is 0. The van der Waals surface area contributed by atoms with E-state index in [2.05, 4.69) is 20.6 Å². The SMILES string of the molecule is Cc1cc(NC(=O)CSc2nnc(-c3ccc(F)cc3)c3ccccc23)n(-c2ccccc2)n1. The maximum absolute atomic E-state index is 13.4. The van der Waals surface area contributed by atoms with Crippen LogP contribution in [0.4, 0.5) is 10.2 Å². The number of fused-ring (bicyclic) bond motifs is 1. The Labute approximate surface area is 199 Å². The summed E-state index contributed by atoms with van der Waals surface area (Å²) >= 11 is 1.32. The zero-order chi connectivity index (χ0) is 23.5. The number of benzene rings is 3. The van der Waals surface area contributed by atoms with Gasteiger partial charge in [-0.25, -0.2) is 9.07 Å². The number of carbonyl (C=O) groups is 1. The van der Waals surface area contributed by atoms with E-state index in [1.165, 1.54) is 23.9 Å². The molecule has 5 aromatic rings. The molecular formula is C26H20FN5OS. The highest BCUT2D eigenvalue weighted by Crippen LogP contribution is 2.32. The maximum Gasteiger partial charge on any atom is 0.235 e. The van der Waals surface area contributed by atoms with Gasteiger partial charge in [-0.3, -0.25) is 4.79 Å². The highest BCUT2D eigenvalue weighted by molar-refractivity contribution is 8.00. The van der Waals surface area contributed by atoms with E-state index < -0.39 is 0 Å². The fraction of sp³-hybridized carbons (Fsp3) is 0.0769. The Morgan fingerprint density at radius 3 is 2.41 bits per heavy atom. The van der Waals surface area contributed by atoms with E-state index >= 15 is 0 Å². The van der Waals surface area contributed by atoms with Crippen molar-refractivity contribution < 1.29 is 9.18 Å². The van der Waals surface area contributed by atoms with Crippen LogP contribution < -0.4 is 5.32 Å². The van der Waals surface area contributed by atoms with Crippen molar-refractivity contribution in [3.05, 3.63) is 96.4 Å². The first kappa shape index (κ1) is 21.8. The van der Waals surface area contributed by atoms with Crippen LogP contribution in [0.5, 0.6) is 0 Å². The molecule has 0 fully saturated rings. The molecule has 34 heavy (non-hydrogen) atoms. The number of amides is 1. The van der Waals surface area contributed by atoms with Gasteiger partial charge in [0.25, 0.3) is 0 Å². The first-order chi connectivity index (χ1) is 16.6. The first-order valence-electron chi connectivity index (χ1n) is 10.6. The Bertz CT molecular complexity index is 1470. The standard InChI is InChI=1S/C26H20FN5OS/c1-17-15-23(32(31-17)20-7-3-2-4-8-20)28-24(33)16-34-26-22-10-6-5-9-21(22)25(29-30-26)18-11-13-19(27)14-12-18/h2-15H,16H2,1H3,(H,28,33). The molecule has 1 N–H and O–H groups in total. The molecule has 0 spiro atoms. The molecule has 1 amide bonds. The molecular weight excluding hydrogens is 449 g/mol. The number of carbonyl (C=O) groups excluding carboxylic acids is 1. The normalized spacial score (nSPS) is 11.0. The van der Waals surface area contributed by atoms with Gasteiger partial charge in [-0.1, -0.05) is 54.2 Å². The molecule has 0 saturated heterocycles. The van der Waals surface area contributed by atoms with Crippen molar-refractivity contribution in [3.63, 3.8) is 0 Å². The lowest BCUT2D eigenvalue weighted by atomic mass is 10.1. The van der Waals surface area contributed by atoms with Crippen LogP contribution in [0, 0.1) is 12.7 Å². The average Bonchev–Trinajstić information content (AvgIpc) is 3.23. The van der Waals surface area contributed by atoms with E-state index in [4.69, 9.17) is 0 Å². The van der Waals surface area contributed by atoms with Crippen molar-refractivity contribution in [1.29, 1.82) is 0 Å². The first-order valence-corrected chi connectivity index (χ1v) is 11.6. The van der Waals surface area contributed by atoms with Crippen LogP contribution in [-0.2, 0) is 4.79 Å². The molecule has 0 saturated carbocycles. The molecule has 168 valence electrons. The van der Waals surface area contributed by atoms with Crippen LogP contribution in [0.15, 0.2) is 90.0 Å². The number of halogens is 1. The van der Waals surface area contributed by atoms with Crippen molar-refractivity contribution in [3.8, 4) is 16.9 Å². The largest absolute Gasteiger partial charge is 0.310 e. The Morgan fingerprint density at radius 1 is 0.941 bits per heavy atom. The summed E-state index contributed by atoms with van der Waals surface area (Å²) in [4.78, 5) is 12.8. The zero-order valence-corrected chi connectivity index (χ0v) is 19.1. The van der Waals surface area contributed by atoms with Gasteiger partial charge in [0.15, 0.2) is 0 Å². The molecule has 0 aliphatic heterocycles. The minimum Gasteiger partial charge on any atom is -0.310 e. The number of nitrogens with one attached hydrogen (secondary N) is 1. The third-order valence-electron chi connectivity index (χ3n) is 5.21. The van der Waals surface area contributed by atoms with Crippen molar-refractivity contribution in [2.75, 3.05) is 11.1 Å². The summed E-state index contributed by atoms with van der Waals surface area (Å²) in [7, 11) is 0. The van der Waals surface area contributed by atoms with Crippen LogP contribution in [0.2, 0.25) is 0 Å². The highest BCUT2D eigenvalue weighted by Gasteiger charge is 2.15. The summed E-state index contributed by atoms with van der Waals surface area (Å²) in [5.41, 5.74) is 3.13. The lowest BCUT2D eigenvalue weighted by Crippen LogP contribution is -2.17. The number of hydrogen-bond donors (Lipinski definition) is 1. The van der Waals surface area contributed by atoms with Gasteiger partial charge >= 0.3 is 0 Å². The van der Waals surface area contributed by atoms with Crippen LogP contribution in [0.1, 0.15) is 5.69 Å². The number of hydrogen-bond acceptors (Lipinski definition) is 5. The van der Waals surface area contributed by atoms with Crippen molar-refractivity contribution >= 4 is 34.3 Å². The molecule has 0 aliphatic rings. The van der Waals surface area contributed by atoms with Crippen molar-refractivity contribution in [2.45, 2.75) is 11.9 Å². The second kappa shape index (κ2) is 9.44. The number of aromatic nitrogens is 4. The predicted molar refractivity (Wildman–Crippen MR) is 133 cm³/mol. The monoisotopic (exact) mass is 469 g/mol. The molecule has 8 heteroatoms. The molecule has 0 aliphatic carbocycles. The molecule has 3 aromatic carbocycles. The fourth-order valence-corrected chi connectivity index (χ4v) is 4.45. The van der Waals surface area contributed by atoms with E-state index in [0.29, 0.717) is 16.5 Å². The minimum atomic E-state index is -0.303. The van der Waals surface area contributed by atoms with Gasteiger partial charge in [-0.2, -0.15) is 5.10 Å². The predicted octanol–water partition coefficient (Wildman–Crippen LogP) is 5.66. The molecule has 2 aromatic heterocycles. The van der Waals surface area contributed by atoms with E-state index in [1.807, 2.05) is 67.6 Å². The van der Waals surface area contributed by atoms with Crippen LogP contribution >= 0.6 is 11.8 Å². The van der Waals surface area contributed by atoms with E-state index in [-0.39, 0.29) is 17.5 Å². The highest BCUT2D eigenvalue weighted by atomic mass is 32.2. The number of thioether (sulfide) groups is 1. The quantitative estimate of drug-likeness (QED) is 0.325. The van der Waals surface area contributed by atoms with Gasteiger partial charge in [0.1, 0.15) is 22.4 Å². The summed E-state index contributed by atoms with van der Waals surface area (Å²) in [5, 5.41) is 18.6. The smallest absolute Gasteiger partial charge is 0.235 e. The lowest BCUT2D eigenvalue weighted by molar-refractivity contribution is -0.113. The van der Waals surface area contributed by atoms with Crippen LogP contribution in [0.25, 0.3) is 27.7 Å². The van der Waals surface area contributed by atoms with Crippen molar-refractivity contribution in [1.82, 2.24) is 20.0 Å². The Balaban J connectivity index is 1.36. The van der Waals surface area contributed by atoms with E-state index in [0.717, 1.165) is 27.7 Å². The van der Waals surface area contributed by atoms with Gasteiger partial charge in [-0.05, 0) is 43.3 Å². The van der Waals surface area contributed by atoms with Crippen LogP contribution in [-0.4, -0.2) is 31.6 Å². The average molecular weight is 470 g/mol. The molecule has 6 nitrogen and oxygen atoms in total. The third kappa shape index (κ3) is 4.53. The van der Waals surface area contributed by atoms with E-state index in [1.54, 1.807) is 16.8 Å². The fourth-order valence-electron chi connectivity index (χ4n) is 3.67.